The van der Waals surface area contributed by atoms with Crippen LogP contribution >= 0.6 is 30.1 Å². The fourth-order valence-corrected chi connectivity index (χ4v) is 12.0. The predicted octanol–water partition coefficient (Wildman–Crippen LogP) is 10.2. The largest absolute Gasteiger partial charge is 0.494 e. The average Bonchev–Trinajstić information content (AvgIpc) is 4.02. The molecule has 0 bridgehead atoms. The number of likely N-dealkylation sites (tertiary alicyclic amines) is 1. The van der Waals surface area contributed by atoms with Crippen molar-refractivity contribution in [2.45, 2.75) is 136 Å². The van der Waals surface area contributed by atoms with Gasteiger partial charge in [0.2, 0.25) is 23.7 Å². The topological polar surface area (TPSA) is 203 Å². The number of thiazole rings is 1. The molecule has 0 saturated carbocycles. The number of aromatic nitrogens is 3. The lowest BCUT2D eigenvalue weighted by Gasteiger charge is -2.35. The van der Waals surface area contributed by atoms with Crippen molar-refractivity contribution in [2.24, 2.45) is 5.41 Å². The highest BCUT2D eigenvalue weighted by atomic mass is 35.5. The molecule has 0 spiro atoms. The molecular weight excluding hydrogens is 1020 g/mol. The first-order valence-electron chi connectivity index (χ1n) is 26.8. The Morgan fingerprint density at radius 1 is 0.908 bits per heavy atom. The third-order valence-electron chi connectivity index (χ3n) is 14.2. The van der Waals surface area contributed by atoms with Crippen molar-refractivity contribution < 1.29 is 28.8 Å². The monoisotopic (exact) mass is 1100 g/mol. The zero-order valence-corrected chi connectivity index (χ0v) is 47.8. The molecule has 19 heteroatoms. The second-order valence-electron chi connectivity index (χ2n) is 21.6. The van der Waals surface area contributed by atoms with E-state index >= 15 is 0 Å². The molecule has 3 aromatic carbocycles. The summed E-state index contributed by atoms with van der Waals surface area (Å²) in [4.78, 5) is 59.1. The van der Waals surface area contributed by atoms with Crippen LogP contribution in [-0.4, -0.2) is 114 Å². The summed E-state index contributed by atoms with van der Waals surface area (Å²) in [6.07, 6.45) is 11.9. The molecule has 2 saturated heterocycles. The molecule has 0 aliphatic carbocycles. The quantitative estimate of drug-likeness (QED) is 0.0238. The first-order chi connectivity index (χ1) is 36.4. The molecule has 2 aromatic heterocycles. The minimum Gasteiger partial charge on any atom is -0.494 e. The summed E-state index contributed by atoms with van der Waals surface area (Å²) in [5.41, 5.74) is 6.70. The highest BCUT2D eigenvalue weighted by molar-refractivity contribution is 7.70. The smallest absolute Gasteiger partial charge is 0.246 e. The average molecular weight is 1100 g/mol. The molecule has 3 atom stereocenters. The van der Waals surface area contributed by atoms with Crippen LogP contribution in [0.1, 0.15) is 109 Å². The minimum atomic E-state index is -2.55. The highest BCUT2D eigenvalue weighted by Gasteiger charge is 2.44. The van der Waals surface area contributed by atoms with Crippen molar-refractivity contribution in [3.05, 3.63) is 94.7 Å². The third kappa shape index (κ3) is 16.2. The molecule has 0 radical (unpaired) electrons. The maximum absolute atomic E-state index is 14.0. The Bertz CT molecular complexity index is 2780. The van der Waals surface area contributed by atoms with Crippen LogP contribution in [0.5, 0.6) is 5.75 Å². The van der Waals surface area contributed by atoms with E-state index in [9.17, 15) is 24.1 Å². The van der Waals surface area contributed by atoms with E-state index < -0.39 is 30.7 Å². The maximum Gasteiger partial charge on any atom is 0.246 e. The predicted molar refractivity (Wildman–Crippen MR) is 309 cm³/mol. The first-order valence-corrected chi connectivity index (χ1v) is 30.7. The molecule has 76 heavy (non-hydrogen) atoms. The van der Waals surface area contributed by atoms with Gasteiger partial charge in [-0.25, -0.2) is 9.97 Å². The van der Waals surface area contributed by atoms with Crippen LogP contribution in [-0.2, 0) is 25.5 Å². The number of aliphatic hydroxyl groups is 1. The highest BCUT2D eigenvalue weighted by Crippen LogP contribution is 2.39. The summed E-state index contributed by atoms with van der Waals surface area (Å²) in [5.74, 6) is 0.576. The van der Waals surface area contributed by atoms with E-state index in [2.05, 4.69) is 52.5 Å². The molecule has 4 heterocycles. The van der Waals surface area contributed by atoms with Crippen LogP contribution in [0.15, 0.2) is 78.4 Å². The van der Waals surface area contributed by atoms with E-state index in [0.717, 1.165) is 103 Å². The zero-order valence-electron chi connectivity index (χ0n) is 45.3. The van der Waals surface area contributed by atoms with Gasteiger partial charge in [-0.2, -0.15) is 4.98 Å². The number of carbonyl (C=O) groups excluding carboxylic acids is 3. The van der Waals surface area contributed by atoms with Crippen molar-refractivity contribution in [3.8, 4) is 16.2 Å². The molecule has 2 aliphatic heterocycles. The fraction of sp³-hybridized carbons (Fsp3) is 0.509. The van der Waals surface area contributed by atoms with Gasteiger partial charge in [0.05, 0.1) is 46.9 Å². The number of methoxy groups -OCH3 is 1. The Morgan fingerprint density at radius 3 is 2.28 bits per heavy atom. The van der Waals surface area contributed by atoms with E-state index in [4.69, 9.17) is 16.3 Å². The standard InChI is InChI=1S/C57H78ClN10O6PS/c1-38-51(76-37-62-38)40-23-21-39(22-24-40)34-60-54(71)47-33-43(69)36-68(47)55(72)52(57(2,3)4)65-50(70)20-14-12-10-8-9-11-13-17-29-59-41-27-30-67(31-28-41)42-25-26-45(48(32-42)74-5)64-56-61-35-44(58)53(66-56)63-46-18-15-16-19-49(46)75(6,7)73/h15-16,18-19,21-26,32,35,37,41,43,47,52,59,69H,8-14,17,20,27-31,33-34,36H2,1-7H3,(H,60,71)(H,65,70)(H2,61,63,64,66)/t43-,47+,52-/m1/s1. The number of nitrogens with one attached hydrogen (secondary N) is 5. The van der Waals surface area contributed by atoms with Crippen LogP contribution in [0.2, 0.25) is 5.02 Å². The van der Waals surface area contributed by atoms with Crippen molar-refractivity contribution in [1.29, 1.82) is 0 Å². The Morgan fingerprint density at radius 2 is 1.61 bits per heavy atom. The SMILES string of the molecule is COc1cc(N2CCC(NCCCCCCCCCCC(=O)N[C@H](C(=O)N3C[C@H](O)C[C@H]3C(=O)NCc3ccc(-c4scnc4C)cc3)C(C)(C)C)CC2)ccc1Nc1ncc(Cl)c(Nc2ccccc2P(C)(C)=O)n1. The van der Waals surface area contributed by atoms with E-state index in [0.29, 0.717) is 47.2 Å². The van der Waals surface area contributed by atoms with Gasteiger partial charge in [0.25, 0.3) is 0 Å². The molecule has 5 aromatic rings. The summed E-state index contributed by atoms with van der Waals surface area (Å²) in [6.45, 7) is 14.4. The van der Waals surface area contributed by atoms with Gasteiger partial charge >= 0.3 is 0 Å². The number of nitrogens with zero attached hydrogens (tertiary/aromatic N) is 5. The van der Waals surface area contributed by atoms with Crippen LogP contribution < -0.4 is 41.5 Å². The number of ether oxygens (including phenoxy) is 1. The van der Waals surface area contributed by atoms with E-state index in [1.54, 1.807) is 31.8 Å². The number of hydrogen-bond donors (Lipinski definition) is 6. The van der Waals surface area contributed by atoms with E-state index in [1.807, 2.05) is 93.9 Å². The van der Waals surface area contributed by atoms with Crippen LogP contribution in [0.3, 0.4) is 0 Å². The molecule has 0 unspecified atom stereocenters. The number of amides is 3. The second kappa shape index (κ2) is 27.1. The van der Waals surface area contributed by atoms with Crippen molar-refractivity contribution >= 4 is 81.9 Å². The van der Waals surface area contributed by atoms with Crippen molar-refractivity contribution in [3.63, 3.8) is 0 Å². The molecule has 6 N–H and O–H groups in total. The van der Waals surface area contributed by atoms with Crippen LogP contribution in [0.25, 0.3) is 10.4 Å². The number of benzene rings is 3. The number of β-amino-alcohol motifs (C(OH)–C–C–N with tert-alkyl or cyclic N) is 1. The minimum absolute atomic E-state index is 0.0425. The van der Waals surface area contributed by atoms with Crippen LogP contribution in [0, 0.1) is 12.3 Å². The van der Waals surface area contributed by atoms with E-state index in [1.165, 1.54) is 30.4 Å². The van der Waals surface area contributed by atoms with Gasteiger partial charge in [-0.05, 0) is 93.3 Å². The van der Waals surface area contributed by atoms with Crippen LogP contribution in [0.4, 0.5) is 28.8 Å². The Balaban J connectivity index is 0.746. The number of piperidine rings is 1. The Kier molecular flexibility index (Phi) is 20.8. The van der Waals surface area contributed by atoms with Crippen molar-refractivity contribution in [1.82, 2.24) is 35.8 Å². The second-order valence-corrected chi connectivity index (χ2v) is 26.1. The molecule has 2 fully saturated rings. The molecular formula is C57H78ClN10O6PS. The number of rotatable bonds is 25. The van der Waals surface area contributed by atoms with Gasteiger partial charge in [-0.3, -0.25) is 14.4 Å². The summed E-state index contributed by atoms with van der Waals surface area (Å²) >= 11 is 8.08. The molecule has 16 nitrogen and oxygen atoms in total. The van der Waals surface area contributed by atoms with Crippen molar-refractivity contribution in [2.75, 3.05) is 62.2 Å². The summed E-state index contributed by atoms with van der Waals surface area (Å²) in [5, 5.41) is 28.0. The number of halogens is 1. The lowest BCUT2D eigenvalue weighted by Crippen LogP contribution is -2.57. The van der Waals surface area contributed by atoms with Gasteiger partial charge in [-0.15, -0.1) is 11.3 Å². The lowest BCUT2D eigenvalue weighted by molar-refractivity contribution is -0.144. The fourth-order valence-electron chi connectivity index (χ4n) is 9.92. The third-order valence-corrected chi connectivity index (χ3v) is 17.1. The van der Waals surface area contributed by atoms with Gasteiger partial charge in [0.15, 0.2) is 5.82 Å². The molecule has 410 valence electrons. The molecule has 3 amide bonds. The van der Waals surface area contributed by atoms with E-state index in [-0.39, 0.29) is 30.7 Å². The Labute approximate surface area is 458 Å². The number of carbonyl (C=O) groups is 3. The number of para-hydroxylation sites is 1. The Hall–Kier alpha value is -5.58. The van der Waals surface area contributed by atoms with Gasteiger partial charge in [-0.1, -0.05) is 107 Å². The lowest BCUT2D eigenvalue weighted by atomic mass is 9.85. The number of aliphatic hydroxyl groups excluding tert-OH is 1. The number of hydrogen-bond acceptors (Lipinski definition) is 14. The van der Waals surface area contributed by atoms with Gasteiger partial charge in [0.1, 0.15) is 30.0 Å². The summed E-state index contributed by atoms with van der Waals surface area (Å²) in [6, 6.07) is 20.4. The number of aryl methyl sites for hydroxylation is 1. The van der Waals surface area contributed by atoms with Gasteiger partial charge in [0, 0.05) is 62.1 Å². The zero-order chi connectivity index (χ0) is 54.4. The number of unbranched alkanes of at least 4 members (excludes halogenated alkanes) is 7. The molecule has 7 rings (SSSR count). The molecule has 2 aliphatic rings. The maximum atomic E-state index is 14.0. The first kappa shape index (κ1) is 58.1. The van der Waals surface area contributed by atoms with Gasteiger partial charge < -0.3 is 50.8 Å². The number of anilines is 5. The summed E-state index contributed by atoms with van der Waals surface area (Å²) in [7, 11) is -0.901. The normalized spacial score (nSPS) is 16.6. The summed E-state index contributed by atoms with van der Waals surface area (Å²) < 4.78 is 18.7.